The van der Waals surface area contributed by atoms with Crippen molar-refractivity contribution in [1.82, 2.24) is 0 Å². The number of fused-ring (bicyclic) bond motifs is 1. The van der Waals surface area contributed by atoms with Crippen LogP contribution in [0.5, 0.6) is 0 Å². The van der Waals surface area contributed by atoms with Gasteiger partial charge in [0.25, 0.3) is 0 Å². The molecule has 1 aliphatic rings. The minimum absolute atomic E-state index is 0.588. The van der Waals surface area contributed by atoms with Crippen molar-refractivity contribution in [2.24, 2.45) is 11.7 Å². The molecule has 0 aromatic heterocycles. The number of halogens is 1. The van der Waals surface area contributed by atoms with E-state index in [-0.39, 0.29) is 0 Å². The van der Waals surface area contributed by atoms with Crippen LogP contribution in [0.25, 0.3) is 0 Å². The highest BCUT2D eigenvalue weighted by molar-refractivity contribution is 9.10. The van der Waals surface area contributed by atoms with Gasteiger partial charge in [-0.05, 0) is 36.1 Å². The average Bonchev–Trinajstić information content (AvgIpc) is 2.59. The fourth-order valence-electron chi connectivity index (χ4n) is 1.84. The smallest absolute Gasteiger partial charge is 0.0186 e. The first-order valence-corrected chi connectivity index (χ1v) is 6.62. The molecule has 0 radical (unpaired) electrons. The number of nitrogens with two attached hydrogens (primary N) is 1. The molecule has 1 nitrogen and oxygen atoms in total. The van der Waals surface area contributed by atoms with Gasteiger partial charge >= 0.3 is 0 Å². The fourth-order valence-corrected chi connectivity index (χ4v) is 3.82. The summed E-state index contributed by atoms with van der Waals surface area (Å²) in [6.45, 7) is 3.02. The Morgan fingerprint density at radius 2 is 2.43 bits per heavy atom. The second-order valence-corrected chi connectivity index (χ2v) is 5.79. The number of hydrogen-bond donors (Lipinski definition) is 1. The Hall–Kier alpha value is 0.01000. The number of benzene rings is 1. The molecule has 0 amide bonds. The van der Waals surface area contributed by atoms with Gasteiger partial charge in [-0.2, -0.15) is 0 Å². The average molecular weight is 272 g/mol. The molecule has 3 heteroatoms. The molecule has 1 heterocycles. The predicted octanol–water partition coefficient (Wildman–Crippen LogP) is 3.23. The normalized spacial score (nSPS) is 22.1. The first-order chi connectivity index (χ1) is 6.72. The van der Waals surface area contributed by atoms with Crippen molar-refractivity contribution in [1.29, 1.82) is 0 Å². The number of rotatable bonds is 2. The van der Waals surface area contributed by atoms with Crippen LogP contribution in [-0.2, 0) is 0 Å². The minimum atomic E-state index is 0.588. The van der Waals surface area contributed by atoms with Crippen LogP contribution < -0.4 is 5.73 Å². The van der Waals surface area contributed by atoms with E-state index in [9.17, 15) is 0 Å². The molecule has 2 rings (SSSR count). The molecule has 2 unspecified atom stereocenters. The zero-order chi connectivity index (χ0) is 10.1. The van der Waals surface area contributed by atoms with E-state index < -0.39 is 0 Å². The van der Waals surface area contributed by atoms with E-state index in [0.717, 1.165) is 6.54 Å². The molecule has 0 spiro atoms. The van der Waals surface area contributed by atoms with E-state index in [1.165, 1.54) is 20.7 Å². The van der Waals surface area contributed by atoms with Crippen molar-refractivity contribution in [3.05, 3.63) is 28.2 Å². The molecule has 1 aliphatic heterocycles. The van der Waals surface area contributed by atoms with Gasteiger partial charge in [0.1, 0.15) is 0 Å². The topological polar surface area (TPSA) is 26.0 Å². The van der Waals surface area contributed by atoms with Gasteiger partial charge in [-0.1, -0.05) is 28.9 Å². The largest absolute Gasteiger partial charge is 0.330 e. The molecule has 1 aromatic rings. The monoisotopic (exact) mass is 271 g/mol. The zero-order valence-electron chi connectivity index (χ0n) is 8.16. The van der Waals surface area contributed by atoms with Crippen molar-refractivity contribution < 1.29 is 0 Å². The lowest BCUT2D eigenvalue weighted by atomic mass is 9.89. The van der Waals surface area contributed by atoms with Crippen LogP contribution in [0.2, 0.25) is 0 Å². The molecular formula is C11H14BrNS. The summed E-state index contributed by atoms with van der Waals surface area (Å²) >= 11 is 5.45. The Morgan fingerprint density at radius 1 is 1.64 bits per heavy atom. The molecular weight excluding hydrogens is 258 g/mol. The third-order valence-corrected chi connectivity index (χ3v) is 4.54. The Morgan fingerprint density at radius 3 is 3.14 bits per heavy atom. The molecule has 2 atom stereocenters. The van der Waals surface area contributed by atoms with Gasteiger partial charge in [-0.3, -0.25) is 0 Å². The summed E-state index contributed by atoms with van der Waals surface area (Å²) in [4.78, 5) is 1.42. The summed E-state index contributed by atoms with van der Waals surface area (Å²) in [5.41, 5.74) is 7.20. The van der Waals surface area contributed by atoms with Gasteiger partial charge in [0.05, 0.1) is 0 Å². The summed E-state index contributed by atoms with van der Waals surface area (Å²) < 4.78 is 1.17. The second kappa shape index (κ2) is 4.25. The quantitative estimate of drug-likeness (QED) is 0.894. The first-order valence-electron chi connectivity index (χ1n) is 4.84. The third kappa shape index (κ3) is 1.86. The van der Waals surface area contributed by atoms with Crippen LogP contribution >= 0.6 is 27.7 Å². The van der Waals surface area contributed by atoms with Gasteiger partial charge in [0.2, 0.25) is 0 Å². The minimum Gasteiger partial charge on any atom is -0.330 e. The van der Waals surface area contributed by atoms with Gasteiger partial charge in [-0.25, -0.2) is 0 Å². The molecule has 14 heavy (non-hydrogen) atoms. The van der Waals surface area contributed by atoms with Crippen LogP contribution in [0.4, 0.5) is 0 Å². The van der Waals surface area contributed by atoms with E-state index >= 15 is 0 Å². The zero-order valence-corrected chi connectivity index (χ0v) is 10.6. The van der Waals surface area contributed by atoms with Gasteiger partial charge in [0.15, 0.2) is 0 Å². The molecule has 76 valence electrons. The first kappa shape index (κ1) is 10.5. The van der Waals surface area contributed by atoms with Crippen molar-refractivity contribution in [3.8, 4) is 0 Å². The fraction of sp³-hybridized carbons (Fsp3) is 0.455. The Balaban J connectivity index is 2.31. The van der Waals surface area contributed by atoms with Crippen LogP contribution in [0.3, 0.4) is 0 Å². The Bertz CT molecular complexity index is 340. The lowest BCUT2D eigenvalue weighted by Crippen LogP contribution is -2.18. The highest BCUT2D eigenvalue weighted by atomic mass is 79.9. The molecule has 0 bridgehead atoms. The van der Waals surface area contributed by atoms with Gasteiger partial charge < -0.3 is 5.73 Å². The van der Waals surface area contributed by atoms with Gasteiger partial charge in [-0.15, -0.1) is 11.8 Å². The summed E-state index contributed by atoms with van der Waals surface area (Å²) in [7, 11) is 0. The highest BCUT2D eigenvalue weighted by Crippen LogP contribution is 2.43. The SMILES string of the molecule is CC(CN)C1CSc2cc(Br)ccc21. The van der Waals surface area contributed by atoms with Crippen molar-refractivity contribution in [2.45, 2.75) is 17.7 Å². The predicted molar refractivity (Wildman–Crippen MR) is 65.8 cm³/mol. The Labute approximate surface area is 97.6 Å². The number of hydrogen-bond acceptors (Lipinski definition) is 2. The number of thioether (sulfide) groups is 1. The molecule has 2 N–H and O–H groups in total. The third-order valence-electron chi connectivity index (χ3n) is 2.85. The highest BCUT2D eigenvalue weighted by Gasteiger charge is 2.26. The van der Waals surface area contributed by atoms with Crippen LogP contribution in [0.15, 0.2) is 27.6 Å². The van der Waals surface area contributed by atoms with E-state index in [4.69, 9.17) is 5.73 Å². The van der Waals surface area contributed by atoms with Gasteiger partial charge in [0, 0.05) is 15.1 Å². The lowest BCUT2D eigenvalue weighted by Gasteiger charge is -2.17. The molecule has 0 fully saturated rings. The maximum Gasteiger partial charge on any atom is 0.0186 e. The lowest BCUT2D eigenvalue weighted by molar-refractivity contribution is 0.506. The summed E-state index contributed by atoms with van der Waals surface area (Å²) in [6.07, 6.45) is 0. The second-order valence-electron chi connectivity index (χ2n) is 3.81. The molecule has 0 aliphatic carbocycles. The molecule has 1 aromatic carbocycles. The maximum absolute atomic E-state index is 5.72. The van der Waals surface area contributed by atoms with Crippen LogP contribution in [-0.4, -0.2) is 12.3 Å². The summed E-state index contributed by atoms with van der Waals surface area (Å²) in [5.74, 6) is 2.42. The van der Waals surface area contributed by atoms with E-state index in [1.54, 1.807) is 0 Å². The van der Waals surface area contributed by atoms with E-state index in [0.29, 0.717) is 11.8 Å². The van der Waals surface area contributed by atoms with Crippen molar-refractivity contribution in [3.63, 3.8) is 0 Å². The van der Waals surface area contributed by atoms with E-state index in [1.807, 2.05) is 11.8 Å². The van der Waals surface area contributed by atoms with Crippen LogP contribution in [0, 0.1) is 5.92 Å². The summed E-state index contributed by atoms with van der Waals surface area (Å²) in [6, 6.07) is 6.57. The standard InChI is InChI=1S/C11H14BrNS/c1-7(5-13)10-6-14-11-4-8(12)2-3-9(10)11/h2-4,7,10H,5-6,13H2,1H3. The van der Waals surface area contributed by atoms with E-state index in [2.05, 4.69) is 41.1 Å². The molecule has 0 saturated carbocycles. The van der Waals surface area contributed by atoms with Crippen molar-refractivity contribution >= 4 is 27.7 Å². The Kier molecular flexibility index (Phi) is 3.20. The maximum atomic E-state index is 5.72. The van der Waals surface area contributed by atoms with Crippen LogP contribution in [0.1, 0.15) is 18.4 Å². The van der Waals surface area contributed by atoms with Crippen molar-refractivity contribution in [2.75, 3.05) is 12.3 Å². The molecule has 0 saturated heterocycles. The summed E-state index contributed by atoms with van der Waals surface area (Å²) in [5, 5.41) is 0.